The second kappa shape index (κ2) is 6.47. The minimum Gasteiger partial charge on any atom is -0.0590 e. The smallest absolute Gasteiger partial charge is 0.0280 e. The molecule has 0 atom stereocenters. The van der Waals surface area contributed by atoms with E-state index < -0.39 is 6.85 Å². The fraction of sp³-hybridized carbons (Fsp3) is 0.429. The maximum absolute atomic E-state index is 7.70. The molecule has 0 heteroatoms. The predicted octanol–water partition coefficient (Wildman–Crippen LogP) is 5.78. The van der Waals surface area contributed by atoms with Crippen molar-refractivity contribution in [2.75, 3.05) is 0 Å². The van der Waals surface area contributed by atoms with Crippen LogP contribution in [0.25, 0.3) is 0 Å². The molecule has 21 heavy (non-hydrogen) atoms. The van der Waals surface area contributed by atoms with Crippen molar-refractivity contribution >= 4 is 0 Å². The molecule has 0 fully saturated rings. The summed E-state index contributed by atoms with van der Waals surface area (Å²) in [5, 5.41) is 0. The van der Waals surface area contributed by atoms with E-state index in [0.29, 0.717) is 5.56 Å². The summed E-state index contributed by atoms with van der Waals surface area (Å²) in [7, 11) is 0. The Hall–Kier alpha value is -1.56. The fourth-order valence-electron chi connectivity index (χ4n) is 2.58. The summed E-state index contributed by atoms with van der Waals surface area (Å²) >= 11 is 0. The lowest BCUT2D eigenvalue weighted by Crippen LogP contribution is -2.10. The standard InChI is InChI=1S/C21H28/c1-16-9-10-17(2)19(15-16)8-6-7-18-11-13-20(14-12-18)21(3,4)5/h9-15H,6-8H2,1-5H3/i2D3. The summed E-state index contributed by atoms with van der Waals surface area (Å²) in [5.74, 6) is 0. The third-order valence-corrected chi connectivity index (χ3v) is 3.99. The molecule has 0 amide bonds. The first kappa shape index (κ1) is 12.0. The Labute approximate surface area is 134 Å². The molecule has 0 saturated carbocycles. The van der Waals surface area contributed by atoms with Crippen molar-refractivity contribution in [3.8, 4) is 0 Å². The van der Waals surface area contributed by atoms with Crippen LogP contribution in [0.1, 0.15) is 59.1 Å². The second-order valence-corrected chi connectivity index (χ2v) is 6.96. The van der Waals surface area contributed by atoms with Gasteiger partial charge < -0.3 is 0 Å². The van der Waals surface area contributed by atoms with Gasteiger partial charge in [0.15, 0.2) is 0 Å². The van der Waals surface area contributed by atoms with Gasteiger partial charge in [-0.3, -0.25) is 0 Å². The van der Waals surface area contributed by atoms with Crippen molar-refractivity contribution in [3.63, 3.8) is 0 Å². The van der Waals surface area contributed by atoms with Crippen LogP contribution in [0.5, 0.6) is 0 Å². The van der Waals surface area contributed by atoms with Crippen molar-refractivity contribution in [3.05, 3.63) is 70.3 Å². The summed E-state index contributed by atoms with van der Waals surface area (Å²) in [5.41, 5.74) is 5.40. The van der Waals surface area contributed by atoms with Gasteiger partial charge in [-0.2, -0.15) is 0 Å². The highest BCUT2D eigenvalue weighted by Gasteiger charge is 2.12. The average Bonchev–Trinajstić information content (AvgIpc) is 2.45. The first-order valence-electron chi connectivity index (χ1n) is 9.27. The van der Waals surface area contributed by atoms with Gasteiger partial charge in [0, 0.05) is 4.11 Å². The maximum atomic E-state index is 7.70. The monoisotopic (exact) mass is 283 g/mol. The number of hydrogen-bond acceptors (Lipinski definition) is 0. The molecule has 0 heterocycles. The Morgan fingerprint density at radius 1 is 0.952 bits per heavy atom. The third-order valence-electron chi connectivity index (χ3n) is 3.99. The molecule has 2 aromatic rings. The quantitative estimate of drug-likeness (QED) is 0.667. The molecule has 2 aromatic carbocycles. The van der Waals surface area contributed by atoms with E-state index in [-0.39, 0.29) is 5.41 Å². The van der Waals surface area contributed by atoms with Gasteiger partial charge in [-0.25, -0.2) is 0 Å². The van der Waals surface area contributed by atoms with Gasteiger partial charge in [-0.15, -0.1) is 0 Å². The molecule has 0 bridgehead atoms. The van der Waals surface area contributed by atoms with Crippen LogP contribution in [0.2, 0.25) is 0 Å². The average molecular weight is 283 g/mol. The van der Waals surface area contributed by atoms with E-state index in [1.165, 1.54) is 11.1 Å². The Bertz CT molecular complexity index is 674. The molecule has 0 nitrogen and oxygen atoms in total. The summed E-state index contributed by atoms with van der Waals surface area (Å²) in [6.07, 6.45) is 2.73. The first-order chi connectivity index (χ1) is 11.1. The molecular weight excluding hydrogens is 252 g/mol. The Kier molecular flexibility index (Phi) is 3.71. The molecule has 0 aliphatic rings. The van der Waals surface area contributed by atoms with Crippen LogP contribution < -0.4 is 0 Å². The molecule has 0 N–H and O–H groups in total. The zero-order chi connectivity index (χ0) is 18.0. The van der Waals surface area contributed by atoms with Gasteiger partial charge in [0.25, 0.3) is 0 Å². The Balaban J connectivity index is 2.03. The molecule has 0 radical (unpaired) electrons. The van der Waals surface area contributed by atoms with Crippen molar-refractivity contribution in [1.29, 1.82) is 0 Å². The lowest BCUT2D eigenvalue weighted by atomic mass is 9.86. The number of aryl methyl sites for hydroxylation is 4. The highest BCUT2D eigenvalue weighted by Crippen LogP contribution is 2.22. The lowest BCUT2D eigenvalue weighted by molar-refractivity contribution is 0.590. The molecule has 0 aliphatic carbocycles. The zero-order valence-corrected chi connectivity index (χ0v) is 13.7. The maximum Gasteiger partial charge on any atom is 0.0280 e. The highest BCUT2D eigenvalue weighted by atomic mass is 14.2. The minimum absolute atomic E-state index is 0.175. The van der Waals surface area contributed by atoms with Gasteiger partial charge in [0.2, 0.25) is 0 Å². The Morgan fingerprint density at radius 3 is 2.29 bits per heavy atom. The van der Waals surface area contributed by atoms with Gasteiger partial charge in [-0.05, 0) is 60.7 Å². The highest BCUT2D eigenvalue weighted by molar-refractivity contribution is 5.31. The van der Waals surface area contributed by atoms with E-state index in [4.69, 9.17) is 4.11 Å². The second-order valence-electron chi connectivity index (χ2n) is 6.96. The van der Waals surface area contributed by atoms with Crippen LogP contribution in [-0.4, -0.2) is 0 Å². The molecular formula is C21H28. The lowest BCUT2D eigenvalue weighted by Gasteiger charge is -2.19. The zero-order valence-electron chi connectivity index (χ0n) is 16.7. The van der Waals surface area contributed by atoms with Gasteiger partial charge in [0.05, 0.1) is 0 Å². The van der Waals surface area contributed by atoms with E-state index in [9.17, 15) is 0 Å². The minimum atomic E-state index is -2.03. The van der Waals surface area contributed by atoms with Crippen LogP contribution in [0, 0.1) is 13.8 Å². The van der Waals surface area contributed by atoms with Gasteiger partial charge in [-0.1, -0.05) is 68.8 Å². The van der Waals surface area contributed by atoms with Crippen molar-refractivity contribution in [2.45, 2.75) is 59.2 Å². The van der Waals surface area contributed by atoms with E-state index in [1.54, 1.807) is 6.07 Å². The van der Waals surface area contributed by atoms with Crippen LogP contribution >= 0.6 is 0 Å². The van der Waals surface area contributed by atoms with E-state index in [1.807, 2.05) is 19.1 Å². The molecule has 2 rings (SSSR count). The Morgan fingerprint density at radius 2 is 1.67 bits per heavy atom. The number of rotatable bonds is 4. The molecule has 112 valence electrons. The third kappa shape index (κ3) is 4.46. The van der Waals surface area contributed by atoms with Crippen molar-refractivity contribution in [2.24, 2.45) is 0 Å². The topological polar surface area (TPSA) is 0 Å². The van der Waals surface area contributed by atoms with Crippen LogP contribution in [0.15, 0.2) is 42.5 Å². The van der Waals surface area contributed by atoms with Crippen molar-refractivity contribution < 1.29 is 4.11 Å². The van der Waals surface area contributed by atoms with Crippen LogP contribution in [-0.2, 0) is 18.3 Å². The largest absolute Gasteiger partial charge is 0.0590 e. The van der Waals surface area contributed by atoms with Gasteiger partial charge in [0.1, 0.15) is 0 Å². The number of hydrogen-bond donors (Lipinski definition) is 0. The molecule has 0 aromatic heterocycles. The first-order valence-corrected chi connectivity index (χ1v) is 7.77. The predicted molar refractivity (Wildman–Crippen MR) is 93.1 cm³/mol. The molecule has 0 aliphatic heterocycles. The van der Waals surface area contributed by atoms with E-state index in [0.717, 1.165) is 30.4 Å². The molecule has 0 spiro atoms. The van der Waals surface area contributed by atoms with Gasteiger partial charge >= 0.3 is 0 Å². The van der Waals surface area contributed by atoms with Crippen LogP contribution in [0.3, 0.4) is 0 Å². The van der Waals surface area contributed by atoms with E-state index in [2.05, 4.69) is 45.0 Å². The normalized spacial score (nSPS) is 14.4. The summed E-state index contributed by atoms with van der Waals surface area (Å²) < 4.78 is 23.1. The van der Waals surface area contributed by atoms with Crippen LogP contribution in [0.4, 0.5) is 0 Å². The van der Waals surface area contributed by atoms with Crippen molar-refractivity contribution in [1.82, 2.24) is 0 Å². The summed E-state index contributed by atoms with van der Waals surface area (Å²) in [6, 6.07) is 14.5. The number of benzene rings is 2. The summed E-state index contributed by atoms with van der Waals surface area (Å²) in [4.78, 5) is 0. The SMILES string of the molecule is [2H]C([2H])([2H])c1ccc(C)cc1CCCc1ccc(C(C)(C)C)cc1. The summed E-state index contributed by atoms with van der Waals surface area (Å²) in [6.45, 7) is 6.64. The molecule has 0 saturated heterocycles. The fourth-order valence-corrected chi connectivity index (χ4v) is 2.58. The molecule has 0 unspecified atom stereocenters. The van der Waals surface area contributed by atoms with E-state index >= 15 is 0 Å².